The van der Waals surface area contributed by atoms with Crippen LogP contribution >= 0.6 is 23.5 Å². The summed E-state index contributed by atoms with van der Waals surface area (Å²) in [6.07, 6.45) is 1.97. The van der Waals surface area contributed by atoms with Crippen LogP contribution in [0, 0.1) is 0 Å². The molecule has 0 spiro atoms. The number of benzene rings is 3. The molecule has 3 N–H and O–H groups in total. The number of aromatic nitrogens is 2. The Balaban J connectivity index is 1.63. The molecule has 8 heteroatoms. The number of hydrogen-bond acceptors (Lipinski definition) is 5. The summed E-state index contributed by atoms with van der Waals surface area (Å²) in [6, 6.07) is 18.9. The van der Waals surface area contributed by atoms with Gasteiger partial charge in [0.25, 0.3) is 0 Å². The van der Waals surface area contributed by atoms with E-state index in [2.05, 4.69) is 10.4 Å². The van der Waals surface area contributed by atoms with Crippen LogP contribution in [0.5, 0.6) is 5.75 Å². The number of fused-ring (bicyclic) bond motifs is 1. The lowest BCUT2D eigenvalue weighted by atomic mass is 10.1. The van der Waals surface area contributed by atoms with E-state index in [1.807, 2.05) is 59.3 Å². The van der Waals surface area contributed by atoms with Crippen LogP contribution in [0.25, 0.3) is 10.9 Å². The largest absolute Gasteiger partial charge is 0.496 e. The summed E-state index contributed by atoms with van der Waals surface area (Å²) < 4.78 is 7.33. The summed E-state index contributed by atoms with van der Waals surface area (Å²) in [6.45, 7) is 0.527. The standard InChI is InChI=1S/C23H21ClN4O2S/c1-30-21-9-5-3-7-16(21)14-28-20-11-17(12-22(31-25)18(20)13-26-28)27-23(29)10-15-6-2-4-8-19(15)24/h2-9,11-13H,10,14,25H2,1H3,(H,27,29). The van der Waals surface area contributed by atoms with Crippen molar-refractivity contribution >= 4 is 46.0 Å². The maximum absolute atomic E-state index is 12.6. The van der Waals surface area contributed by atoms with Gasteiger partial charge in [-0.15, -0.1) is 0 Å². The smallest absolute Gasteiger partial charge is 0.228 e. The SMILES string of the molecule is COc1ccccc1Cn1ncc2c(SN)cc(NC(=O)Cc3ccccc3Cl)cc21. The average molecular weight is 453 g/mol. The van der Waals surface area contributed by atoms with Crippen LogP contribution in [-0.2, 0) is 17.8 Å². The third kappa shape index (κ3) is 4.69. The van der Waals surface area contributed by atoms with E-state index in [1.54, 1.807) is 19.4 Å². The van der Waals surface area contributed by atoms with Crippen LogP contribution in [0.1, 0.15) is 11.1 Å². The van der Waals surface area contributed by atoms with Crippen molar-refractivity contribution in [2.24, 2.45) is 5.14 Å². The minimum atomic E-state index is -0.156. The first kappa shape index (κ1) is 21.2. The molecule has 0 unspecified atom stereocenters. The fourth-order valence-corrected chi connectivity index (χ4v) is 4.14. The lowest BCUT2D eigenvalue weighted by molar-refractivity contribution is -0.115. The van der Waals surface area contributed by atoms with Gasteiger partial charge in [-0.05, 0) is 41.8 Å². The maximum Gasteiger partial charge on any atom is 0.228 e. The predicted molar refractivity (Wildman–Crippen MR) is 126 cm³/mol. The summed E-state index contributed by atoms with van der Waals surface area (Å²) in [5, 5.41) is 14.9. The molecule has 0 aliphatic rings. The van der Waals surface area contributed by atoms with Crippen molar-refractivity contribution in [3.8, 4) is 5.75 Å². The normalized spacial score (nSPS) is 10.9. The Bertz CT molecular complexity index is 1240. The molecule has 0 atom stereocenters. The molecule has 1 aromatic heterocycles. The third-order valence-corrected chi connectivity index (χ3v) is 5.92. The number of nitrogens with two attached hydrogens (primary N) is 1. The Kier molecular flexibility index (Phi) is 6.46. The molecule has 0 fully saturated rings. The molecule has 4 rings (SSSR count). The van der Waals surface area contributed by atoms with Crippen molar-refractivity contribution in [3.63, 3.8) is 0 Å². The van der Waals surface area contributed by atoms with Crippen molar-refractivity contribution in [1.82, 2.24) is 9.78 Å². The molecule has 0 bridgehead atoms. The number of amides is 1. The van der Waals surface area contributed by atoms with Gasteiger partial charge >= 0.3 is 0 Å². The van der Waals surface area contributed by atoms with Crippen LogP contribution in [-0.4, -0.2) is 22.8 Å². The number of ether oxygens (including phenoxy) is 1. The monoisotopic (exact) mass is 452 g/mol. The molecule has 1 heterocycles. The lowest BCUT2D eigenvalue weighted by Crippen LogP contribution is -2.15. The number of carbonyl (C=O) groups excluding carboxylic acids is 1. The molecule has 6 nitrogen and oxygen atoms in total. The number of para-hydroxylation sites is 1. The van der Waals surface area contributed by atoms with Crippen molar-refractivity contribution in [1.29, 1.82) is 0 Å². The first-order valence-electron chi connectivity index (χ1n) is 9.60. The highest BCUT2D eigenvalue weighted by molar-refractivity contribution is 7.97. The van der Waals surface area contributed by atoms with Crippen LogP contribution in [0.4, 0.5) is 5.69 Å². The maximum atomic E-state index is 12.6. The van der Waals surface area contributed by atoms with Gasteiger partial charge in [-0.2, -0.15) is 5.10 Å². The highest BCUT2D eigenvalue weighted by Gasteiger charge is 2.14. The van der Waals surface area contributed by atoms with Crippen molar-refractivity contribution in [2.45, 2.75) is 17.9 Å². The van der Waals surface area contributed by atoms with E-state index in [0.717, 1.165) is 44.6 Å². The molecular weight excluding hydrogens is 432 g/mol. The Morgan fingerprint density at radius 3 is 2.65 bits per heavy atom. The van der Waals surface area contributed by atoms with E-state index in [-0.39, 0.29) is 12.3 Å². The first-order chi connectivity index (χ1) is 15.1. The zero-order valence-electron chi connectivity index (χ0n) is 16.8. The molecule has 0 saturated heterocycles. The van der Waals surface area contributed by atoms with Gasteiger partial charge in [-0.1, -0.05) is 48.0 Å². The lowest BCUT2D eigenvalue weighted by Gasteiger charge is -2.11. The highest BCUT2D eigenvalue weighted by Crippen LogP contribution is 2.30. The van der Waals surface area contributed by atoms with Gasteiger partial charge in [0.15, 0.2) is 0 Å². The van der Waals surface area contributed by atoms with E-state index < -0.39 is 0 Å². The van der Waals surface area contributed by atoms with Crippen molar-refractivity contribution < 1.29 is 9.53 Å². The highest BCUT2D eigenvalue weighted by atomic mass is 35.5. The molecule has 0 aliphatic carbocycles. The average Bonchev–Trinajstić information content (AvgIpc) is 3.18. The number of methoxy groups -OCH3 is 1. The summed E-state index contributed by atoms with van der Waals surface area (Å²) in [7, 11) is 1.65. The van der Waals surface area contributed by atoms with E-state index in [0.29, 0.717) is 17.3 Å². The van der Waals surface area contributed by atoms with Gasteiger partial charge in [0.1, 0.15) is 5.75 Å². The van der Waals surface area contributed by atoms with E-state index in [9.17, 15) is 4.79 Å². The molecule has 31 heavy (non-hydrogen) atoms. The number of carbonyl (C=O) groups is 1. The van der Waals surface area contributed by atoms with E-state index >= 15 is 0 Å². The fourth-order valence-electron chi connectivity index (χ4n) is 3.46. The second-order valence-electron chi connectivity index (χ2n) is 6.96. The minimum Gasteiger partial charge on any atom is -0.496 e. The topological polar surface area (TPSA) is 82.2 Å². The summed E-state index contributed by atoms with van der Waals surface area (Å²) >= 11 is 7.31. The number of anilines is 1. The predicted octanol–water partition coefficient (Wildman–Crippen LogP) is 4.89. The third-order valence-electron chi connectivity index (χ3n) is 4.96. The molecule has 4 aromatic rings. The van der Waals surface area contributed by atoms with Crippen LogP contribution < -0.4 is 15.2 Å². The van der Waals surface area contributed by atoms with Crippen molar-refractivity contribution in [2.75, 3.05) is 12.4 Å². The zero-order chi connectivity index (χ0) is 21.8. The Hall–Kier alpha value is -3.00. The zero-order valence-corrected chi connectivity index (χ0v) is 18.4. The summed E-state index contributed by atoms with van der Waals surface area (Å²) in [5.41, 5.74) is 3.30. The number of hydrogen-bond donors (Lipinski definition) is 2. The van der Waals surface area contributed by atoms with Gasteiger partial charge in [0.2, 0.25) is 5.91 Å². The van der Waals surface area contributed by atoms with Crippen LogP contribution in [0.15, 0.2) is 71.8 Å². The second-order valence-corrected chi connectivity index (χ2v) is 8.04. The molecule has 158 valence electrons. The van der Waals surface area contributed by atoms with Gasteiger partial charge in [0.05, 0.1) is 31.8 Å². The molecule has 3 aromatic carbocycles. The van der Waals surface area contributed by atoms with Gasteiger partial charge in [-0.3, -0.25) is 14.6 Å². The Morgan fingerprint density at radius 1 is 1.16 bits per heavy atom. The van der Waals surface area contributed by atoms with Gasteiger partial charge in [-0.25, -0.2) is 0 Å². The quantitative estimate of drug-likeness (QED) is 0.390. The minimum absolute atomic E-state index is 0.156. The van der Waals surface area contributed by atoms with Gasteiger partial charge in [0, 0.05) is 26.6 Å². The summed E-state index contributed by atoms with van der Waals surface area (Å²) in [5.74, 6) is 0.639. The first-order valence-corrected chi connectivity index (χ1v) is 10.9. The van der Waals surface area contributed by atoms with Gasteiger partial charge < -0.3 is 10.1 Å². The van der Waals surface area contributed by atoms with Crippen molar-refractivity contribution in [3.05, 3.63) is 83.0 Å². The molecule has 1 amide bonds. The van der Waals surface area contributed by atoms with E-state index in [4.69, 9.17) is 21.5 Å². The van der Waals surface area contributed by atoms with E-state index in [1.165, 1.54) is 0 Å². The number of nitrogens with zero attached hydrogens (tertiary/aromatic N) is 2. The van der Waals surface area contributed by atoms with Crippen LogP contribution in [0.2, 0.25) is 5.02 Å². The Labute approximate surface area is 189 Å². The molecule has 0 aliphatic heterocycles. The molecule has 0 radical (unpaired) electrons. The summed E-state index contributed by atoms with van der Waals surface area (Å²) in [4.78, 5) is 13.5. The van der Waals surface area contributed by atoms with Crippen LogP contribution in [0.3, 0.4) is 0 Å². The Morgan fingerprint density at radius 2 is 1.90 bits per heavy atom. The number of rotatable bonds is 7. The number of halogens is 1. The number of nitrogens with one attached hydrogen (secondary N) is 1. The fraction of sp³-hybridized carbons (Fsp3) is 0.130. The second kappa shape index (κ2) is 9.43. The molecular formula is C23H21ClN4O2S. The molecule has 0 saturated carbocycles.